The van der Waals surface area contributed by atoms with Gasteiger partial charge in [-0.1, -0.05) is 42.1 Å². The Balaban J connectivity index is 2.25. The van der Waals surface area contributed by atoms with Crippen molar-refractivity contribution in [1.82, 2.24) is 0 Å². The zero-order chi connectivity index (χ0) is 13.5. The zero-order valence-corrected chi connectivity index (χ0v) is 12.4. The summed E-state index contributed by atoms with van der Waals surface area (Å²) >= 11 is 6.00. The van der Waals surface area contributed by atoms with Gasteiger partial charge in [0.05, 0.1) is 13.2 Å². The van der Waals surface area contributed by atoms with Gasteiger partial charge < -0.3 is 10.2 Å². The smallest absolute Gasteiger partial charge is 0.0702 e. The summed E-state index contributed by atoms with van der Waals surface area (Å²) in [5.41, 5.74) is 2.50. The van der Waals surface area contributed by atoms with Crippen molar-refractivity contribution >= 4 is 23.1 Å². The van der Waals surface area contributed by atoms with Crippen LogP contribution in [0.2, 0.25) is 0 Å². The molecule has 2 aliphatic rings. The Morgan fingerprint density at radius 3 is 1.95 bits per heavy atom. The Morgan fingerprint density at radius 2 is 1.47 bits per heavy atom. The molecule has 19 heavy (non-hydrogen) atoms. The van der Waals surface area contributed by atoms with E-state index in [1.54, 1.807) is 0 Å². The van der Waals surface area contributed by atoms with Gasteiger partial charge in [0, 0.05) is 16.7 Å². The Hall–Kier alpha value is -0.730. The molecule has 2 N–H and O–H groups in total. The second-order valence-electron chi connectivity index (χ2n) is 4.97. The van der Waals surface area contributed by atoms with Gasteiger partial charge in [-0.3, -0.25) is 0 Å². The van der Waals surface area contributed by atoms with Crippen LogP contribution in [0.1, 0.15) is 19.3 Å². The Morgan fingerprint density at radius 1 is 0.947 bits per heavy atom. The maximum Gasteiger partial charge on any atom is 0.0702 e. The summed E-state index contributed by atoms with van der Waals surface area (Å²) < 4.78 is 0. The third-order valence-electron chi connectivity index (χ3n) is 4.09. The first-order valence-electron chi connectivity index (χ1n) is 6.56. The van der Waals surface area contributed by atoms with Gasteiger partial charge >= 0.3 is 0 Å². The molecule has 1 aromatic rings. The molecule has 0 bridgehead atoms. The van der Waals surface area contributed by atoms with Gasteiger partial charge in [0.25, 0.3) is 0 Å². The highest BCUT2D eigenvalue weighted by molar-refractivity contribution is 8.22. The lowest BCUT2D eigenvalue weighted by atomic mass is 10.1. The van der Waals surface area contributed by atoms with Crippen LogP contribution in [0.3, 0.4) is 0 Å². The lowest BCUT2D eigenvalue weighted by Crippen LogP contribution is -2.10. The minimum atomic E-state index is -2.13. The molecule has 0 amide bonds. The van der Waals surface area contributed by atoms with Crippen LogP contribution in [0, 0.1) is 0 Å². The summed E-state index contributed by atoms with van der Waals surface area (Å²) in [6, 6.07) is 7.88. The molecule has 0 aromatic heterocycles. The molecular formula is C15H17O2PS. The predicted molar refractivity (Wildman–Crippen MR) is 82.4 cm³/mol. The lowest BCUT2D eigenvalue weighted by Gasteiger charge is -2.24. The fraction of sp³-hybridized carbons (Fsp3) is 0.333. The van der Waals surface area contributed by atoms with E-state index in [2.05, 4.69) is 0 Å². The molecule has 1 aromatic carbocycles. The highest BCUT2D eigenvalue weighted by atomic mass is 32.4. The molecule has 1 fully saturated rings. The van der Waals surface area contributed by atoms with Gasteiger partial charge in [-0.2, -0.15) is 0 Å². The van der Waals surface area contributed by atoms with Gasteiger partial charge in [-0.15, -0.1) is 0 Å². The Labute approximate surface area is 118 Å². The second kappa shape index (κ2) is 4.99. The van der Waals surface area contributed by atoms with Crippen LogP contribution < -0.4 is 5.30 Å². The molecule has 1 heterocycles. The molecule has 0 saturated heterocycles. The van der Waals surface area contributed by atoms with Crippen LogP contribution in [0.15, 0.2) is 52.1 Å². The molecule has 0 spiro atoms. The number of allylic oxidation sites excluding steroid dienone is 2. The molecule has 100 valence electrons. The largest absolute Gasteiger partial charge is 0.392 e. The summed E-state index contributed by atoms with van der Waals surface area (Å²) in [6.07, 6.45) is 3.11. The van der Waals surface area contributed by atoms with E-state index < -0.39 is 6.04 Å². The van der Waals surface area contributed by atoms with Crippen LogP contribution in [-0.4, -0.2) is 23.4 Å². The molecule has 3 rings (SSSR count). The van der Waals surface area contributed by atoms with Gasteiger partial charge in [-0.25, -0.2) is 0 Å². The minimum absolute atomic E-state index is 0.0223. The van der Waals surface area contributed by atoms with Crippen molar-refractivity contribution in [2.24, 2.45) is 0 Å². The molecule has 2 nitrogen and oxygen atoms in total. The molecule has 0 atom stereocenters. The maximum absolute atomic E-state index is 9.82. The fourth-order valence-electron chi connectivity index (χ4n) is 3.26. The highest BCUT2D eigenvalue weighted by Crippen LogP contribution is 2.69. The van der Waals surface area contributed by atoms with Gasteiger partial charge in [0.2, 0.25) is 0 Å². The summed E-state index contributed by atoms with van der Waals surface area (Å²) in [6.45, 7) is 0.0447. The van der Waals surface area contributed by atoms with Crippen molar-refractivity contribution in [3.05, 3.63) is 52.1 Å². The third-order valence-corrected chi connectivity index (χ3v) is 9.42. The van der Waals surface area contributed by atoms with Crippen molar-refractivity contribution in [3.63, 3.8) is 0 Å². The van der Waals surface area contributed by atoms with E-state index in [0.717, 1.165) is 35.2 Å². The van der Waals surface area contributed by atoms with Crippen LogP contribution in [0.5, 0.6) is 0 Å². The van der Waals surface area contributed by atoms with Crippen molar-refractivity contribution in [2.45, 2.75) is 19.3 Å². The molecular weight excluding hydrogens is 275 g/mol. The summed E-state index contributed by atoms with van der Waals surface area (Å²) in [4.78, 5) is 0. The number of fused-ring (bicyclic) bond motifs is 1. The third kappa shape index (κ3) is 1.80. The first kappa shape index (κ1) is 13.3. The molecule has 4 heteroatoms. The van der Waals surface area contributed by atoms with E-state index in [1.807, 2.05) is 30.3 Å². The standard InChI is InChI=1S/C15H17O2PS/c16-9-14-12-7-4-8-13(12)15(10-17)18(14,19)11-5-2-1-3-6-11/h1-3,5-6,16-17H,4,7-10H2. The van der Waals surface area contributed by atoms with E-state index in [1.165, 1.54) is 11.1 Å². The fourth-order valence-corrected chi connectivity index (χ4v) is 7.83. The van der Waals surface area contributed by atoms with E-state index in [9.17, 15) is 10.2 Å². The molecule has 1 aliphatic heterocycles. The van der Waals surface area contributed by atoms with Crippen molar-refractivity contribution in [1.29, 1.82) is 0 Å². The SMILES string of the molecule is OCC1=C2CCCC2=C(CO)P1(=S)c1ccccc1. The van der Waals surface area contributed by atoms with E-state index in [-0.39, 0.29) is 13.2 Å². The van der Waals surface area contributed by atoms with Crippen LogP contribution in [0.4, 0.5) is 0 Å². The number of rotatable bonds is 3. The number of aliphatic hydroxyl groups is 2. The van der Waals surface area contributed by atoms with Crippen LogP contribution in [-0.2, 0) is 11.8 Å². The first-order chi connectivity index (χ1) is 9.23. The van der Waals surface area contributed by atoms with Gasteiger partial charge in [0.15, 0.2) is 0 Å². The molecule has 0 radical (unpaired) electrons. The Kier molecular flexibility index (Phi) is 3.48. The average Bonchev–Trinajstić information content (AvgIpc) is 2.98. The quantitative estimate of drug-likeness (QED) is 0.841. The van der Waals surface area contributed by atoms with Crippen LogP contribution in [0.25, 0.3) is 0 Å². The predicted octanol–water partition coefficient (Wildman–Crippen LogP) is 2.48. The van der Waals surface area contributed by atoms with E-state index >= 15 is 0 Å². The van der Waals surface area contributed by atoms with E-state index in [4.69, 9.17) is 11.8 Å². The molecule has 0 unspecified atom stereocenters. The summed E-state index contributed by atoms with van der Waals surface area (Å²) in [5.74, 6) is 0. The number of aliphatic hydroxyl groups excluding tert-OH is 2. The van der Waals surface area contributed by atoms with Gasteiger partial charge in [0.1, 0.15) is 0 Å². The average molecular weight is 292 g/mol. The number of benzene rings is 1. The maximum atomic E-state index is 9.82. The first-order valence-corrected chi connectivity index (χ1v) is 9.36. The normalized spacial score (nSPS) is 21.2. The van der Waals surface area contributed by atoms with Crippen LogP contribution >= 0.6 is 6.04 Å². The lowest BCUT2D eigenvalue weighted by molar-refractivity contribution is 0.336. The number of hydrogen-bond donors (Lipinski definition) is 2. The summed E-state index contributed by atoms with van der Waals surface area (Å²) in [7, 11) is 0. The highest BCUT2D eigenvalue weighted by Gasteiger charge is 2.40. The van der Waals surface area contributed by atoms with Crippen molar-refractivity contribution in [2.75, 3.05) is 13.2 Å². The summed E-state index contributed by atoms with van der Waals surface area (Å²) in [5, 5.41) is 22.8. The van der Waals surface area contributed by atoms with Crippen molar-refractivity contribution in [3.8, 4) is 0 Å². The minimum Gasteiger partial charge on any atom is -0.392 e. The molecule has 1 saturated carbocycles. The number of hydrogen-bond acceptors (Lipinski definition) is 3. The zero-order valence-electron chi connectivity index (χ0n) is 10.7. The second-order valence-corrected chi connectivity index (χ2v) is 9.42. The monoisotopic (exact) mass is 292 g/mol. The Bertz CT molecular complexity index is 584. The van der Waals surface area contributed by atoms with Crippen molar-refractivity contribution < 1.29 is 10.2 Å². The molecule has 1 aliphatic carbocycles. The van der Waals surface area contributed by atoms with Gasteiger partial charge in [-0.05, 0) is 35.7 Å². The van der Waals surface area contributed by atoms with E-state index in [0.29, 0.717) is 0 Å². The topological polar surface area (TPSA) is 40.5 Å².